The molecule has 1 aromatic rings. The molecule has 10 heteroatoms. The van der Waals surface area contributed by atoms with Crippen molar-refractivity contribution in [1.29, 1.82) is 0 Å². The van der Waals surface area contributed by atoms with Crippen molar-refractivity contribution in [2.75, 3.05) is 0 Å². The average molecular weight is 561 g/mol. The van der Waals surface area contributed by atoms with Gasteiger partial charge in [0.15, 0.2) is 5.78 Å². The lowest BCUT2D eigenvalue weighted by Gasteiger charge is -2.64. The monoisotopic (exact) mass is 560 g/mol. The van der Waals surface area contributed by atoms with E-state index >= 15 is 0 Å². The van der Waals surface area contributed by atoms with E-state index in [1.807, 2.05) is 0 Å². The first kappa shape index (κ1) is 30.3. The quantitative estimate of drug-likeness (QED) is 0.268. The summed E-state index contributed by atoms with van der Waals surface area (Å²) < 4.78 is 11.9. The topological polar surface area (TPSA) is 171 Å². The van der Waals surface area contributed by atoms with E-state index in [0.717, 1.165) is 6.92 Å². The van der Waals surface area contributed by atoms with Crippen LogP contribution in [0.15, 0.2) is 41.5 Å². The van der Waals surface area contributed by atoms with Crippen LogP contribution in [0.4, 0.5) is 0 Å². The summed E-state index contributed by atoms with van der Waals surface area (Å²) >= 11 is 0. The van der Waals surface area contributed by atoms with Gasteiger partial charge in [-0.1, -0.05) is 39.0 Å². The first-order valence-electron chi connectivity index (χ1n) is 13.7. The molecular formula is C30H40O10. The van der Waals surface area contributed by atoms with E-state index in [-0.39, 0.29) is 36.0 Å². The number of ether oxygens (including phenoxy) is 2. The highest BCUT2D eigenvalue weighted by Gasteiger charge is 2.74. The van der Waals surface area contributed by atoms with Crippen molar-refractivity contribution < 1.29 is 49.4 Å². The summed E-state index contributed by atoms with van der Waals surface area (Å²) in [6, 6.07) is 7.95. The molecule has 40 heavy (non-hydrogen) atoms. The van der Waals surface area contributed by atoms with Crippen molar-refractivity contribution in [2.24, 2.45) is 16.7 Å². The van der Waals surface area contributed by atoms with E-state index in [4.69, 9.17) is 9.47 Å². The lowest BCUT2D eigenvalue weighted by Crippen LogP contribution is -2.77. The van der Waals surface area contributed by atoms with Crippen molar-refractivity contribution in [2.45, 2.75) is 103 Å². The summed E-state index contributed by atoms with van der Waals surface area (Å²) in [7, 11) is 0. The largest absolute Gasteiger partial charge is 0.456 e. The van der Waals surface area contributed by atoms with Crippen LogP contribution in [0, 0.1) is 16.7 Å². The molecule has 0 radical (unpaired) electrons. The molecule has 0 aromatic heterocycles. The van der Waals surface area contributed by atoms with Gasteiger partial charge in [-0.25, -0.2) is 4.79 Å². The average Bonchev–Trinajstić information content (AvgIpc) is 2.89. The maximum atomic E-state index is 14.3. The second kappa shape index (κ2) is 10.0. The van der Waals surface area contributed by atoms with Crippen LogP contribution in [-0.4, -0.2) is 85.0 Å². The maximum absolute atomic E-state index is 14.3. The second-order valence-electron chi connectivity index (χ2n) is 12.3. The molecule has 0 amide bonds. The molecule has 4 rings (SSSR count). The Labute approximate surface area is 233 Å². The molecule has 220 valence electrons. The van der Waals surface area contributed by atoms with Crippen molar-refractivity contribution in [1.82, 2.24) is 0 Å². The number of rotatable bonds is 4. The number of carbonyl (C=O) groups excluding carboxylic acids is 3. The standard InChI is InChI=1S/C30H40O10/c1-7-29(40-16(3)31)20(34)13-19(33)28(6)23(29)25(39-26(37)17-11-9-8-10-12-17)30(38)14-18(32)15(2)21(27(30,4)5)22(35)24(28)36/h8-12,18-20,22-23,25,32-35,38H,7,13-14H2,1-6H3/t18-,19-,20+,22+,23?,25?,28+,29-,30+/m0/s1. The Morgan fingerprint density at radius 3 is 2.17 bits per heavy atom. The summed E-state index contributed by atoms with van der Waals surface area (Å²) in [6.45, 7) is 8.83. The third kappa shape index (κ3) is 4.07. The fraction of sp³-hybridized carbons (Fsp3) is 0.633. The zero-order chi connectivity index (χ0) is 30.0. The van der Waals surface area contributed by atoms with Gasteiger partial charge in [0.05, 0.1) is 35.2 Å². The smallest absolute Gasteiger partial charge is 0.338 e. The molecule has 2 fully saturated rings. The molecule has 9 atom stereocenters. The highest BCUT2D eigenvalue weighted by Crippen LogP contribution is 2.62. The third-order valence-corrected chi connectivity index (χ3v) is 10.0. The van der Waals surface area contributed by atoms with Gasteiger partial charge in [-0.15, -0.1) is 0 Å². The molecule has 0 aliphatic heterocycles. The Morgan fingerprint density at radius 2 is 1.62 bits per heavy atom. The summed E-state index contributed by atoms with van der Waals surface area (Å²) in [5.41, 5.74) is -7.02. The Kier molecular flexibility index (Phi) is 7.60. The van der Waals surface area contributed by atoms with Gasteiger partial charge < -0.3 is 35.0 Å². The minimum Gasteiger partial charge on any atom is -0.456 e. The maximum Gasteiger partial charge on any atom is 0.338 e. The van der Waals surface area contributed by atoms with Gasteiger partial charge in [-0.05, 0) is 43.5 Å². The van der Waals surface area contributed by atoms with Crippen molar-refractivity contribution in [3.8, 4) is 0 Å². The number of benzene rings is 1. The molecule has 2 saturated carbocycles. The SMILES string of the molecule is CC[C@@]1(OC(C)=O)C2C(OC(=O)c3ccccc3)[C@]3(O)C[C@H](O)C(C)=C([C@@H](O)C(=O)[C@]2(C)[C@@H](O)C[C@H]1O)C3(C)C. The lowest BCUT2D eigenvalue weighted by atomic mass is 9.45. The number of esters is 2. The molecule has 0 saturated heterocycles. The molecule has 0 heterocycles. The minimum atomic E-state index is -2.16. The molecular weight excluding hydrogens is 520 g/mol. The predicted molar refractivity (Wildman–Crippen MR) is 142 cm³/mol. The van der Waals surface area contributed by atoms with Crippen LogP contribution < -0.4 is 0 Å². The Hall–Kier alpha value is -2.63. The number of Topliss-reactive ketones (excluding diaryl/α,β-unsaturated/α-hetero) is 1. The first-order valence-corrected chi connectivity index (χ1v) is 13.7. The van der Waals surface area contributed by atoms with Crippen LogP contribution in [0.1, 0.15) is 71.2 Å². The third-order valence-electron chi connectivity index (χ3n) is 10.0. The first-order chi connectivity index (χ1) is 18.5. The highest BCUT2D eigenvalue weighted by molar-refractivity contribution is 5.94. The predicted octanol–water partition coefficient (Wildman–Crippen LogP) is 1.45. The van der Waals surface area contributed by atoms with Gasteiger partial charge >= 0.3 is 11.9 Å². The number of hydrogen-bond acceptors (Lipinski definition) is 10. The highest BCUT2D eigenvalue weighted by atomic mass is 16.6. The minimum absolute atomic E-state index is 0.0621. The fourth-order valence-electron chi connectivity index (χ4n) is 7.66. The van der Waals surface area contributed by atoms with Crippen molar-refractivity contribution in [3.05, 3.63) is 47.0 Å². The van der Waals surface area contributed by atoms with Gasteiger partial charge in [0, 0.05) is 25.2 Å². The van der Waals surface area contributed by atoms with E-state index in [1.165, 1.54) is 19.1 Å². The van der Waals surface area contributed by atoms with Gasteiger partial charge in [-0.3, -0.25) is 9.59 Å². The van der Waals surface area contributed by atoms with E-state index < -0.39 is 76.2 Å². The van der Waals surface area contributed by atoms with Gasteiger partial charge in [0.1, 0.15) is 23.4 Å². The molecule has 2 unspecified atom stereocenters. The van der Waals surface area contributed by atoms with Crippen LogP contribution in [-0.2, 0) is 19.1 Å². The van der Waals surface area contributed by atoms with Crippen LogP contribution in [0.3, 0.4) is 0 Å². The number of aliphatic hydroxyl groups excluding tert-OH is 4. The number of ketones is 1. The molecule has 5 N–H and O–H groups in total. The second-order valence-corrected chi connectivity index (χ2v) is 12.3. The molecule has 10 nitrogen and oxygen atoms in total. The number of fused-ring (bicyclic) bond motifs is 3. The number of carbonyl (C=O) groups is 3. The van der Waals surface area contributed by atoms with Gasteiger partial charge in [0.2, 0.25) is 0 Å². The van der Waals surface area contributed by atoms with Gasteiger partial charge in [-0.2, -0.15) is 0 Å². The Morgan fingerprint density at radius 1 is 1.02 bits per heavy atom. The fourth-order valence-corrected chi connectivity index (χ4v) is 7.66. The van der Waals surface area contributed by atoms with E-state index in [0.29, 0.717) is 0 Å². The molecule has 1 aromatic carbocycles. The summed E-state index contributed by atoms with van der Waals surface area (Å²) in [6.07, 6.45) is -8.78. The van der Waals surface area contributed by atoms with Crippen molar-refractivity contribution >= 4 is 17.7 Å². The van der Waals surface area contributed by atoms with E-state index in [2.05, 4.69) is 0 Å². The van der Waals surface area contributed by atoms with Crippen molar-refractivity contribution in [3.63, 3.8) is 0 Å². The Balaban J connectivity index is 2.11. The molecule has 3 aliphatic rings. The van der Waals surface area contributed by atoms with E-state index in [1.54, 1.807) is 45.9 Å². The molecule has 0 spiro atoms. The summed E-state index contributed by atoms with van der Waals surface area (Å²) in [5.74, 6) is -4.05. The van der Waals surface area contributed by atoms with Crippen LogP contribution in [0.2, 0.25) is 0 Å². The van der Waals surface area contributed by atoms with Crippen LogP contribution in [0.25, 0.3) is 0 Å². The summed E-state index contributed by atoms with van der Waals surface area (Å²) in [5, 5.41) is 58.2. The normalized spacial score (nSPS) is 40.9. The lowest BCUT2D eigenvalue weighted by molar-refractivity contribution is -0.284. The summed E-state index contributed by atoms with van der Waals surface area (Å²) in [4.78, 5) is 40.4. The van der Waals surface area contributed by atoms with Crippen LogP contribution >= 0.6 is 0 Å². The molecule has 3 aliphatic carbocycles. The molecule has 2 bridgehead atoms. The Bertz CT molecular complexity index is 1220. The zero-order valence-corrected chi connectivity index (χ0v) is 23.7. The van der Waals surface area contributed by atoms with Gasteiger partial charge in [0.25, 0.3) is 0 Å². The van der Waals surface area contributed by atoms with Crippen LogP contribution in [0.5, 0.6) is 0 Å². The number of hydrogen-bond donors (Lipinski definition) is 5. The number of aliphatic hydroxyl groups is 5. The zero-order valence-electron chi connectivity index (χ0n) is 23.7. The van der Waals surface area contributed by atoms with E-state index in [9.17, 15) is 39.9 Å².